The highest BCUT2D eigenvalue weighted by atomic mass is 28.4. The predicted octanol–water partition coefficient (Wildman–Crippen LogP) is 3.75. The molecule has 0 spiro atoms. The molecule has 8 nitrogen and oxygen atoms in total. The van der Waals surface area contributed by atoms with Gasteiger partial charge in [0.05, 0.1) is 0 Å². The molecule has 0 N–H and O–H groups in total. The highest BCUT2D eigenvalue weighted by Gasteiger charge is 2.49. The van der Waals surface area contributed by atoms with Gasteiger partial charge >= 0.3 is 20.9 Å². The smallest absolute Gasteiger partial charge is 0.455 e. The van der Waals surface area contributed by atoms with Crippen LogP contribution >= 0.6 is 0 Å². The summed E-state index contributed by atoms with van der Waals surface area (Å²) in [5.74, 6) is -0.213. The minimum Gasteiger partial charge on any atom is -0.455 e. The Morgan fingerprint density at radius 3 is 2.03 bits per heavy atom. The van der Waals surface area contributed by atoms with E-state index in [1.807, 2.05) is 6.92 Å². The van der Waals surface area contributed by atoms with Crippen molar-refractivity contribution in [2.45, 2.75) is 45.4 Å². The third-order valence-corrected chi connectivity index (χ3v) is 6.78. The molecule has 0 fully saturated rings. The lowest BCUT2D eigenvalue weighted by Gasteiger charge is -2.30. The van der Waals surface area contributed by atoms with Crippen molar-refractivity contribution in [1.82, 2.24) is 0 Å². The van der Waals surface area contributed by atoms with Crippen LogP contribution < -0.4 is 4.74 Å². The van der Waals surface area contributed by atoms with E-state index in [2.05, 4.69) is 0 Å². The first kappa shape index (κ1) is 24.8. The molecule has 0 heterocycles. The molecule has 162 valence electrons. The van der Waals surface area contributed by atoms with Gasteiger partial charge < -0.3 is 27.5 Å². The van der Waals surface area contributed by atoms with Crippen LogP contribution in [0, 0.1) is 0 Å². The zero-order valence-corrected chi connectivity index (χ0v) is 19.0. The van der Waals surface area contributed by atoms with Crippen molar-refractivity contribution in [3.63, 3.8) is 0 Å². The van der Waals surface area contributed by atoms with E-state index in [1.54, 1.807) is 51.1 Å². The molecule has 0 amide bonds. The molecule has 1 aromatic carbocycles. The summed E-state index contributed by atoms with van der Waals surface area (Å²) in [5, 5.41) is 0. The van der Waals surface area contributed by atoms with Gasteiger partial charge in [-0.3, -0.25) is 0 Å². The van der Waals surface area contributed by atoms with Crippen molar-refractivity contribution >= 4 is 27.0 Å². The first-order valence-electron chi connectivity index (χ1n) is 9.14. The monoisotopic (exact) mass is 426 g/mol. The lowest BCUT2D eigenvalue weighted by Crippen LogP contribution is -2.55. The largest absolute Gasteiger partial charge is 0.543 e. The molecule has 0 radical (unpaired) electrons. The number of ether oxygens (including phenoxy) is 3. The summed E-state index contributed by atoms with van der Waals surface area (Å²) in [6.07, 6.45) is 2.59. The van der Waals surface area contributed by atoms with E-state index in [0.717, 1.165) is 5.56 Å². The van der Waals surface area contributed by atoms with Crippen LogP contribution in [0.1, 0.15) is 39.7 Å². The maximum Gasteiger partial charge on any atom is 0.543 e. The molecule has 0 aromatic heterocycles. The van der Waals surface area contributed by atoms with Crippen molar-refractivity contribution < 1.29 is 37.1 Å². The Labute approximate surface area is 173 Å². The highest BCUT2D eigenvalue weighted by Crippen LogP contribution is 2.19. The molecule has 1 unspecified atom stereocenters. The molecule has 0 aliphatic heterocycles. The summed E-state index contributed by atoms with van der Waals surface area (Å²) in [6.45, 7) is 7.11. The molecule has 1 rings (SSSR count). The lowest BCUT2D eigenvalue weighted by atomic mass is 10.2. The SMILES string of the molecule is CCC(OC(=O)C=Cc1ccc(OC(=O)OC(C)(C)C)cc1)[Si](OC)(OC)OC. The van der Waals surface area contributed by atoms with E-state index in [4.69, 9.17) is 27.5 Å². The minimum atomic E-state index is -3.10. The fourth-order valence-corrected chi connectivity index (χ4v) is 4.46. The molecule has 1 atom stereocenters. The summed E-state index contributed by atoms with van der Waals surface area (Å²) < 4.78 is 31.8. The number of hydrogen-bond acceptors (Lipinski definition) is 8. The zero-order valence-electron chi connectivity index (χ0n) is 18.0. The summed E-state index contributed by atoms with van der Waals surface area (Å²) in [6, 6.07) is 6.59. The molecular weight excluding hydrogens is 396 g/mol. The van der Waals surface area contributed by atoms with Gasteiger partial charge in [-0.15, -0.1) is 0 Å². The van der Waals surface area contributed by atoms with Crippen molar-refractivity contribution in [1.29, 1.82) is 0 Å². The third kappa shape index (κ3) is 7.98. The van der Waals surface area contributed by atoms with Gasteiger partial charge in [-0.05, 0) is 51.0 Å². The average Bonchev–Trinajstić information content (AvgIpc) is 2.66. The van der Waals surface area contributed by atoms with E-state index in [9.17, 15) is 9.59 Å². The second-order valence-corrected chi connectivity index (χ2v) is 10.1. The molecule has 0 aliphatic carbocycles. The van der Waals surface area contributed by atoms with Crippen LogP contribution in [-0.4, -0.2) is 53.6 Å². The number of rotatable bonds is 9. The topological polar surface area (TPSA) is 89.5 Å². The van der Waals surface area contributed by atoms with Crippen LogP contribution in [0.25, 0.3) is 6.08 Å². The Hall–Kier alpha value is -2.20. The molecule has 9 heteroatoms. The van der Waals surface area contributed by atoms with E-state index < -0.39 is 32.3 Å². The second kappa shape index (κ2) is 11.1. The number of hydrogen-bond donors (Lipinski definition) is 0. The van der Waals surface area contributed by atoms with E-state index >= 15 is 0 Å². The Morgan fingerprint density at radius 1 is 1.03 bits per heavy atom. The average molecular weight is 427 g/mol. The fraction of sp³-hybridized carbons (Fsp3) is 0.500. The first-order valence-corrected chi connectivity index (χ1v) is 10.9. The van der Waals surface area contributed by atoms with Gasteiger partial charge in [0.25, 0.3) is 0 Å². The van der Waals surface area contributed by atoms with Crippen LogP contribution in [0.5, 0.6) is 5.75 Å². The van der Waals surface area contributed by atoms with Gasteiger partial charge in [0.15, 0.2) is 5.73 Å². The summed E-state index contributed by atoms with van der Waals surface area (Å²) >= 11 is 0. The zero-order chi connectivity index (χ0) is 22.1. The molecule has 1 aromatic rings. The number of esters is 1. The minimum absolute atomic E-state index is 0.334. The Bertz CT molecular complexity index is 681. The standard InChI is InChI=1S/C20H30O8Si/c1-8-18(29(23-5,24-6)25-7)27-17(21)14-11-15-9-12-16(13-10-15)26-19(22)28-20(2,3)4/h9-14,18H,8H2,1-7H3. The van der Waals surface area contributed by atoms with Gasteiger partial charge in [-0.1, -0.05) is 19.1 Å². The molecule has 0 saturated heterocycles. The van der Waals surface area contributed by atoms with Gasteiger partial charge in [-0.2, -0.15) is 0 Å². The quantitative estimate of drug-likeness (QED) is 0.255. The van der Waals surface area contributed by atoms with Gasteiger partial charge in [0.1, 0.15) is 11.4 Å². The molecule has 0 aliphatic rings. The highest BCUT2D eigenvalue weighted by molar-refractivity contribution is 6.62. The number of carbonyl (C=O) groups is 2. The van der Waals surface area contributed by atoms with Crippen LogP contribution in [0.15, 0.2) is 30.3 Å². The van der Waals surface area contributed by atoms with Crippen LogP contribution in [0.3, 0.4) is 0 Å². The second-order valence-electron chi connectivity index (χ2n) is 7.02. The Morgan fingerprint density at radius 2 is 1.59 bits per heavy atom. The number of benzene rings is 1. The normalized spacial score (nSPS) is 13.2. The lowest BCUT2D eigenvalue weighted by molar-refractivity contribution is -0.142. The van der Waals surface area contributed by atoms with Gasteiger partial charge in [0.2, 0.25) is 0 Å². The Balaban J connectivity index is 2.71. The summed E-state index contributed by atoms with van der Waals surface area (Å²) in [5.41, 5.74) is -0.532. The van der Waals surface area contributed by atoms with E-state index in [0.29, 0.717) is 12.2 Å². The maximum atomic E-state index is 12.2. The van der Waals surface area contributed by atoms with E-state index in [-0.39, 0.29) is 0 Å². The van der Waals surface area contributed by atoms with Gasteiger partial charge in [0, 0.05) is 27.4 Å². The maximum absolute atomic E-state index is 12.2. The first-order chi connectivity index (χ1) is 13.6. The van der Waals surface area contributed by atoms with Crippen LogP contribution in [0.2, 0.25) is 0 Å². The Kier molecular flexibility index (Phi) is 9.51. The van der Waals surface area contributed by atoms with Crippen molar-refractivity contribution in [3.8, 4) is 5.75 Å². The van der Waals surface area contributed by atoms with Crippen LogP contribution in [-0.2, 0) is 27.5 Å². The van der Waals surface area contributed by atoms with Crippen molar-refractivity contribution in [3.05, 3.63) is 35.9 Å². The summed E-state index contributed by atoms with van der Waals surface area (Å²) in [7, 11) is 1.30. The summed E-state index contributed by atoms with van der Waals surface area (Å²) in [4.78, 5) is 23.9. The molecular formula is C20H30O8Si. The molecule has 0 saturated carbocycles. The van der Waals surface area contributed by atoms with Crippen LogP contribution in [0.4, 0.5) is 4.79 Å². The number of carbonyl (C=O) groups excluding carboxylic acids is 2. The predicted molar refractivity (Wildman–Crippen MR) is 109 cm³/mol. The van der Waals surface area contributed by atoms with Gasteiger partial charge in [-0.25, -0.2) is 9.59 Å². The molecule has 0 bridgehead atoms. The van der Waals surface area contributed by atoms with Crippen molar-refractivity contribution in [2.75, 3.05) is 21.3 Å². The van der Waals surface area contributed by atoms with E-state index in [1.165, 1.54) is 27.4 Å². The fourth-order valence-electron chi connectivity index (χ4n) is 2.41. The molecule has 29 heavy (non-hydrogen) atoms. The van der Waals surface area contributed by atoms with Crippen molar-refractivity contribution in [2.24, 2.45) is 0 Å². The third-order valence-electron chi connectivity index (χ3n) is 3.76.